The lowest BCUT2D eigenvalue weighted by molar-refractivity contribution is -0.122. The van der Waals surface area contributed by atoms with E-state index in [4.69, 9.17) is 0 Å². The number of nitrogens with one attached hydrogen (secondary N) is 3. The first-order chi connectivity index (χ1) is 6.20. The van der Waals surface area contributed by atoms with Crippen molar-refractivity contribution in [1.29, 1.82) is 0 Å². The van der Waals surface area contributed by atoms with Crippen molar-refractivity contribution >= 4 is 17.8 Å². The first kappa shape index (κ1) is 8.03. The molecule has 2 atom stereocenters. The fraction of sp³-hybridized carbons (Fsp3) is 0.571. The number of amidine groups is 1. The van der Waals surface area contributed by atoms with Crippen molar-refractivity contribution in [3.05, 3.63) is 0 Å². The summed E-state index contributed by atoms with van der Waals surface area (Å²) in [7, 11) is 0. The third kappa shape index (κ3) is 1.24. The lowest BCUT2D eigenvalue weighted by Gasteiger charge is -2.23. The van der Waals surface area contributed by atoms with Crippen LogP contribution in [0.15, 0.2) is 4.99 Å². The van der Waals surface area contributed by atoms with Gasteiger partial charge in [-0.2, -0.15) is 0 Å². The molecule has 0 spiro atoms. The Kier molecular flexibility index (Phi) is 1.68. The van der Waals surface area contributed by atoms with E-state index in [0.717, 1.165) is 12.3 Å². The summed E-state index contributed by atoms with van der Waals surface area (Å²) in [6.45, 7) is 1.93. The van der Waals surface area contributed by atoms with Crippen LogP contribution < -0.4 is 16.0 Å². The molecule has 3 N–H and O–H groups in total. The van der Waals surface area contributed by atoms with Gasteiger partial charge in [-0.1, -0.05) is 6.92 Å². The predicted octanol–water partition coefficient (Wildman–Crippen LogP) is -1.07. The number of rotatable bonds is 1. The molecule has 2 aliphatic heterocycles. The Hall–Kier alpha value is -1.59. The molecule has 0 saturated carbocycles. The number of urea groups is 1. The molecule has 0 aromatic rings. The van der Waals surface area contributed by atoms with Crippen LogP contribution in [0.4, 0.5) is 4.79 Å². The van der Waals surface area contributed by atoms with Crippen molar-refractivity contribution in [2.45, 2.75) is 25.6 Å². The molecule has 2 aliphatic rings. The SMILES string of the molecule is CCC1=NC2NC(=O)NC(=O)C2N1. The number of fused-ring (bicyclic) bond motifs is 1. The quantitative estimate of drug-likeness (QED) is 0.483. The fourth-order valence-corrected chi connectivity index (χ4v) is 1.42. The lowest BCUT2D eigenvalue weighted by Crippen LogP contribution is -2.62. The van der Waals surface area contributed by atoms with Gasteiger partial charge < -0.3 is 10.6 Å². The largest absolute Gasteiger partial charge is 0.359 e. The van der Waals surface area contributed by atoms with Gasteiger partial charge in [-0.05, 0) is 0 Å². The summed E-state index contributed by atoms with van der Waals surface area (Å²) < 4.78 is 0. The number of imide groups is 1. The highest BCUT2D eigenvalue weighted by Gasteiger charge is 2.39. The molecular weight excluding hydrogens is 172 g/mol. The van der Waals surface area contributed by atoms with E-state index in [1.54, 1.807) is 0 Å². The van der Waals surface area contributed by atoms with Gasteiger partial charge >= 0.3 is 6.03 Å². The zero-order valence-corrected chi connectivity index (χ0v) is 7.13. The number of nitrogens with zero attached hydrogens (tertiary/aromatic N) is 1. The zero-order valence-electron chi connectivity index (χ0n) is 7.13. The lowest BCUT2D eigenvalue weighted by atomic mass is 10.2. The topological polar surface area (TPSA) is 82.6 Å². The van der Waals surface area contributed by atoms with E-state index < -0.39 is 18.2 Å². The fourth-order valence-electron chi connectivity index (χ4n) is 1.42. The van der Waals surface area contributed by atoms with Crippen LogP contribution >= 0.6 is 0 Å². The van der Waals surface area contributed by atoms with Crippen molar-refractivity contribution in [2.24, 2.45) is 4.99 Å². The van der Waals surface area contributed by atoms with E-state index in [-0.39, 0.29) is 5.91 Å². The van der Waals surface area contributed by atoms with E-state index in [0.29, 0.717) is 0 Å². The molecule has 13 heavy (non-hydrogen) atoms. The Bertz CT molecular complexity index is 299. The highest BCUT2D eigenvalue weighted by atomic mass is 16.2. The Morgan fingerprint density at radius 1 is 1.38 bits per heavy atom. The van der Waals surface area contributed by atoms with Gasteiger partial charge in [0, 0.05) is 6.42 Å². The molecule has 3 amide bonds. The first-order valence-electron chi connectivity index (χ1n) is 4.15. The smallest absolute Gasteiger partial charge is 0.323 e. The maximum atomic E-state index is 11.2. The summed E-state index contributed by atoms with van der Waals surface area (Å²) in [5.41, 5.74) is 0. The molecule has 2 unspecified atom stereocenters. The summed E-state index contributed by atoms with van der Waals surface area (Å²) >= 11 is 0. The van der Waals surface area contributed by atoms with Crippen molar-refractivity contribution in [1.82, 2.24) is 16.0 Å². The first-order valence-corrected chi connectivity index (χ1v) is 4.15. The maximum absolute atomic E-state index is 11.2. The Labute approximate surface area is 74.8 Å². The van der Waals surface area contributed by atoms with Gasteiger partial charge in [0.25, 0.3) is 5.91 Å². The number of amides is 3. The summed E-state index contributed by atoms with van der Waals surface area (Å²) in [4.78, 5) is 26.3. The number of hydrogen-bond acceptors (Lipinski definition) is 4. The molecule has 2 rings (SSSR count). The minimum Gasteiger partial charge on any atom is -0.359 e. The molecule has 1 fully saturated rings. The highest BCUT2D eigenvalue weighted by Crippen LogP contribution is 2.09. The molecule has 6 nitrogen and oxygen atoms in total. The van der Waals surface area contributed by atoms with Crippen molar-refractivity contribution in [2.75, 3.05) is 0 Å². The number of carbonyl (C=O) groups is 2. The minimum atomic E-state index is -0.478. The summed E-state index contributed by atoms with van der Waals surface area (Å²) in [6.07, 6.45) is 0.298. The van der Waals surface area contributed by atoms with Gasteiger partial charge in [-0.3, -0.25) is 10.1 Å². The van der Waals surface area contributed by atoms with Crippen LogP contribution in [-0.2, 0) is 4.79 Å². The Morgan fingerprint density at radius 2 is 2.15 bits per heavy atom. The average Bonchev–Trinajstić information content (AvgIpc) is 2.47. The monoisotopic (exact) mass is 182 g/mol. The minimum absolute atomic E-state index is 0.319. The molecule has 0 aliphatic carbocycles. The van der Waals surface area contributed by atoms with E-state index in [9.17, 15) is 9.59 Å². The second-order valence-corrected chi connectivity index (χ2v) is 2.96. The Balaban J connectivity index is 2.17. The van der Waals surface area contributed by atoms with Gasteiger partial charge in [-0.15, -0.1) is 0 Å². The summed E-state index contributed by atoms with van der Waals surface area (Å²) in [6, 6.07) is -0.915. The summed E-state index contributed by atoms with van der Waals surface area (Å²) in [5, 5.41) is 7.66. The second-order valence-electron chi connectivity index (χ2n) is 2.96. The normalized spacial score (nSPS) is 31.3. The van der Waals surface area contributed by atoms with Crippen LogP contribution in [0.25, 0.3) is 0 Å². The van der Waals surface area contributed by atoms with Crippen LogP contribution in [0.3, 0.4) is 0 Å². The van der Waals surface area contributed by atoms with E-state index in [1.165, 1.54) is 0 Å². The van der Waals surface area contributed by atoms with Crippen LogP contribution in [0.1, 0.15) is 13.3 Å². The molecule has 70 valence electrons. The number of aliphatic imine (C=N–C) groups is 1. The van der Waals surface area contributed by atoms with Crippen LogP contribution in [0, 0.1) is 0 Å². The summed E-state index contributed by atoms with van der Waals surface area (Å²) in [5.74, 6) is 0.438. The van der Waals surface area contributed by atoms with E-state index >= 15 is 0 Å². The van der Waals surface area contributed by atoms with Crippen molar-refractivity contribution < 1.29 is 9.59 Å². The molecular formula is C7H10N4O2. The van der Waals surface area contributed by atoms with E-state index in [2.05, 4.69) is 20.9 Å². The van der Waals surface area contributed by atoms with Crippen molar-refractivity contribution in [3.8, 4) is 0 Å². The number of hydrogen-bond donors (Lipinski definition) is 3. The molecule has 0 radical (unpaired) electrons. The van der Waals surface area contributed by atoms with Gasteiger partial charge in [0.05, 0.1) is 5.84 Å². The van der Waals surface area contributed by atoms with Crippen LogP contribution in [0.2, 0.25) is 0 Å². The van der Waals surface area contributed by atoms with Gasteiger partial charge in [-0.25, -0.2) is 9.79 Å². The third-order valence-corrected chi connectivity index (χ3v) is 2.07. The Morgan fingerprint density at radius 3 is 2.85 bits per heavy atom. The zero-order chi connectivity index (χ0) is 9.42. The molecule has 0 aromatic carbocycles. The van der Waals surface area contributed by atoms with Crippen LogP contribution in [-0.4, -0.2) is 30.0 Å². The van der Waals surface area contributed by atoms with E-state index in [1.807, 2.05) is 6.92 Å². The highest BCUT2D eigenvalue weighted by molar-refractivity contribution is 6.03. The predicted molar refractivity (Wildman–Crippen MR) is 45.1 cm³/mol. The average molecular weight is 182 g/mol. The second kappa shape index (κ2) is 2.72. The standard InChI is InChI=1S/C7H10N4O2/c1-2-3-8-4-5(9-3)10-7(13)11-6(4)12/h4-5H,2H2,1H3,(H,8,9)(H2,10,11,12,13). The molecule has 0 aromatic heterocycles. The molecule has 1 saturated heterocycles. The third-order valence-electron chi connectivity index (χ3n) is 2.07. The number of carbonyl (C=O) groups excluding carboxylic acids is 2. The molecule has 6 heteroatoms. The van der Waals surface area contributed by atoms with Gasteiger partial charge in [0.15, 0.2) is 6.17 Å². The molecule has 0 bridgehead atoms. The van der Waals surface area contributed by atoms with Crippen molar-refractivity contribution in [3.63, 3.8) is 0 Å². The maximum Gasteiger partial charge on any atom is 0.323 e. The molecule has 2 heterocycles. The van der Waals surface area contributed by atoms with Gasteiger partial charge in [0.2, 0.25) is 0 Å². The van der Waals surface area contributed by atoms with Crippen LogP contribution in [0.5, 0.6) is 0 Å². The van der Waals surface area contributed by atoms with Gasteiger partial charge in [0.1, 0.15) is 6.04 Å².